The lowest BCUT2D eigenvalue weighted by atomic mass is 9.90. The second kappa shape index (κ2) is 10.5. The molecule has 2 aromatic rings. The van der Waals surface area contributed by atoms with Gasteiger partial charge in [0.25, 0.3) is 0 Å². The Morgan fingerprint density at radius 3 is 2.67 bits per heavy atom. The Bertz CT molecular complexity index is 839. The molecule has 2 aliphatic heterocycles. The summed E-state index contributed by atoms with van der Waals surface area (Å²) in [5.41, 5.74) is 4.53. The molecule has 0 radical (unpaired) electrons. The first kappa shape index (κ1) is 21.5. The molecule has 3 heteroatoms. The van der Waals surface area contributed by atoms with Crippen molar-refractivity contribution >= 4 is 11.8 Å². The van der Waals surface area contributed by atoms with Crippen molar-refractivity contribution in [3.05, 3.63) is 71.3 Å². The van der Waals surface area contributed by atoms with Gasteiger partial charge in [-0.05, 0) is 86.4 Å². The normalized spacial score (nSPS) is 21.9. The SMILES string of the molecule is COc1ccc2c(c1)C/C(=C\CCN1CCC(Cc3ccccc3)CC1)[C@H](C)CS2. The Hall–Kier alpha value is -1.71. The summed E-state index contributed by atoms with van der Waals surface area (Å²) >= 11 is 2.00. The molecule has 1 saturated heterocycles. The van der Waals surface area contributed by atoms with Gasteiger partial charge in [-0.15, -0.1) is 11.8 Å². The van der Waals surface area contributed by atoms with Crippen LogP contribution in [0, 0.1) is 11.8 Å². The minimum Gasteiger partial charge on any atom is -0.497 e. The van der Waals surface area contributed by atoms with E-state index in [1.54, 1.807) is 12.7 Å². The van der Waals surface area contributed by atoms with Crippen molar-refractivity contribution < 1.29 is 4.74 Å². The number of nitrogens with zero attached hydrogens (tertiary/aromatic N) is 1. The fraction of sp³-hybridized carbons (Fsp3) is 0.481. The highest BCUT2D eigenvalue weighted by atomic mass is 32.2. The molecule has 2 aliphatic rings. The van der Waals surface area contributed by atoms with Crippen molar-refractivity contribution in [2.24, 2.45) is 11.8 Å². The van der Waals surface area contributed by atoms with E-state index in [1.807, 2.05) is 11.8 Å². The molecule has 1 atom stereocenters. The molecular weight excluding hydrogens is 386 g/mol. The molecule has 0 saturated carbocycles. The zero-order valence-corrected chi connectivity index (χ0v) is 19.3. The molecule has 0 unspecified atom stereocenters. The standard InChI is InChI=1S/C27H35NOS/c1-21-20-30-27-11-10-26(29-2)19-25(27)18-24(21)9-6-14-28-15-12-23(13-16-28)17-22-7-4-3-5-8-22/h3-5,7-11,19,21,23H,6,12-18,20H2,1-2H3/b24-9+/t21-/m1/s1. The maximum Gasteiger partial charge on any atom is 0.119 e. The highest BCUT2D eigenvalue weighted by Gasteiger charge is 2.20. The second-order valence-corrected chi connectivity index (χ2v) is 9.97. The van der Waals surface area contributed by atoms with Gasteiger partial charge in [0.2, 0.25) is 0 Å². The first-order valence-electron chi connectivity index (χ1n) is 11.5. The van der Waals surface area contributed by atoms with Crippen molar-refractivity contribution in [2.75, 3.05) is 32.5 Å². The van der Waals surface area contributed by atoms with Gasteiger partial charge in [-0.1, -0.05) is 48.9 Å². The van der Waals surface area contributed by atoms with Crippen LogP contribution in [-0.4, -0.2) is 37.4 Å². The Kier molecular flexibility index (Phi) is 7.57. The summed E-state index contributed by atoms with van der Waals surface area (Å²) in [6.07, 6.45) is 8.71. The maximum absolute atomic E-state index is 5.45. The third-order valence-corrected chi connectivity index (χ3v) is 8.09. The molecule has 0 aromatic heterocycles. The zero-order valence-electron chi connectivity index (χ0n) is 18.5. The van der Waals surface area contributed by atoms with Gasteiger partial charge in [0.15, 0.2) is 0 Å². The monoisotopic (exact) mass is 421 g/mol. The molecule has 2 nitrogen and oxygen atoms in total. The summed E-state index contributed by atoms with van der Waals surface area (Å²) in [6, 6.07) is 17.5. The number of fused-ring (bicyclic) bond motifs is 1. The highest BCUT2D eigenvalue weighted by Crippen LogP contribution is 2.36. The number of thioether (sulfide) groups is 1. The average Bonchev–Trinajstić information content (AvgIpc) is 2.94. The molecule has 2 heterocycles. The van der Waals surface area contributed by atoms with Gasteiger partial charge in [-0.3, -0.25) is 0 Å². The molecule has 0 aliphatic carbocycles. The lowest BCUT2D eigenvalue weighted by Crippen LogP contribution is -2.34. The maximum atomic E-state index is 5.45. The topological polar surface area (TPSA) is 12.5 Å². The van der Waals surface area contributed by atoms with Crippen LogP contribution < -0.4 is 4.74 Å². The van der Waals surface area contributed by atoms with Crippen molar-refractivity contribution in [3.63, 3.8) is 0 Å². The van der Waals surface area contributed by atoms with Crippen molar-refractivity contribution in [2.45, 2.75) is 43.9 Å². The molecule has 0 amide bonds. The number of hydrogen-bond donors (Lipinski definition) is 0. The van der Waals surface area contributed by atoms with E-state index < -0.39 is 0 Å². The molecule has 160 valence electrons. The van der Waals surface area contributed by atoms with E-state index in [9.17, 15) is 0 Å². The van der Waals surface area contributed by atoms with Crippen molar-refractivity contribution in [1.29, 1.82) is 0 Å². The molecule has 0 bridgehead atoms. The summed E-state index contributed by atoms with van der Waals surface area (Å²) < 4.78 is 5.45. The number of allylic oxidation sites excluding steroid dienone is 1. The average molecular weight is 422 g/mol. The van der Waals surface area contributed by atoms with Crippen LogP contribution in [0.1, 0.15) is 37.3 Å². The quantitative estimate of drug-likeness (QED) is 0.512. The summed E-state index contributed by atoms with van der Waals surface area (Å²) in [5.74, 6) is 3.65. The fourth-order valence-corrected chi connectivity index (χ4v) is 5.87. The van der Waals surface area contributed by atoms with Gasteiger partial charge in [-0.25, -0.2) is 0 Å². The zero-order chi connectivity index (χ0) is 20.8. The molecule has 2 aromatic carbocycles. The third kappa shape index (κ3) is 5.70. The van der Waals surface area contributed by atoms with Gasteiger partial charge in [0, 0.05) is 17.2 Å². The van der Waals surface area contributed by atoms with Crippen molar-refractivity contribution in [3.8, 4) is 5.75 Å². The third-order valence-electron chi connectivity index (χ3n) is 6.71. The van der Waals surface area contributed by atoms with Crippen LogP contribution in [0.5, 0.6) is 5.75 Å². The van der Waals surface area contributed by atoms with E-state index in [1.165, 1.54) is 67.1 Å². The number of benzene rings is 2. The van der Waals surface area contributed by atoms with Crippen LogP contribution in [0.4, 0.5) is 0 Å². The molecule has 0 N–H and O–H groups in total. The predicted molar refractivity (Wildman–Crippen MR) is 129 cm³/mol. The summed E-state index contributed by atoms with van der Waals surface area (Å²) in [4.78, 5) is 4.09. The van der Waals surface area contributed by atoms with Crippen LogP contribution in [0.2, 0.25) is 0 Å². The Balaban J connectivity index is 1.27. The molecule has 1 fully saturated rings. The van der Waals surface area contributed by atoms with E-state index in [0.29, 0.717) is 5.92 Å². The van der Waals surface area contributed by atoms with Gasteiger partial charge < -0.3 is 9.64 Å². The lowest BCUT2D eigenvalue weighted by Gasteiger charge is -2.32. The number of piperidine rings is 1. The summed E-state index contributed by atoms with van der Waals surface area (Å²) in [5, 5.41) is 0. The van der Waals surface area contributed by atoms with Crippen LogP contribution in [-0.2, 0) is 12.8 Å². The molecule has 0 spiro atoms. The number of hydrogen-bond acceptors (Lipinski definition) is 3. The minimum atomic E-state index is 0.644. The van der Waals surface area contributed by atoms with E-state index in [2.05, 4.69) is 66.4 Å². The van der Waals surface area contributed by atoms with E-state index in [4.69, 9.17) is 4.74 Å². The number of likely N-dealkylation sites (tertiary alicyclic amines) is 1. The number of methoxy groups -OCH3 is 1. The molecule has 30 heavy (non-hydrogen) atoms. The number of rotatable bonds is 6. The largest absolute Gasteiger partial charge is 0.497 e. The van der Waals surface area contributed by atoms with E-state index in [0.717, 1.165) is 18.1 Å². The van der Waals surface area contributed by atoms with E-state index >= 15 is 0 Å². The van der Waals surface area contributed by atoms with Gasteiger partial charge in [0.1, 0.15) is 5.75 Å². The van der Waals surface area contributed by atoms with Crippen LogP contribution in [0.15, 0.2) is 65.1 Å². The predicted octanol–water partition coefficient (Wildman–Crippen LogP) is 6.25. The van der Waals surface area contributed by atoms with E-state index in [-0.39, 0.29) is 0 Å². The fourth-order valence-electron chi connectivity index (χ4n) is 4.75. The van der Waals surface area contributed by atoms with Crippen LogP contribution >= 0.6 is 11.8 Å². The van der Waals surface area contributed by atoms with Crippen LogP contribution in [0.25, 0.3) is 0 Å². The summed E-state index contributed by atoms with van der Waals surface area (Å²) in [6.45, 7) is 6.10. The Labute approximate surface area is 186 Å². The first-order chi connectivity index (χ1) is 14.7. The van der Waals surface area contributed by atoms with Crippen molar-refractivity contribution in [1.82, 2.24) is 4.90 Å². The van der Waals surface area contributed by atoms with Gasteiger partial charge >= 0.3 is 0 Å². The second-order valence-electron chi connectivity index (χ2n) is 8.90. The smallest absolute Gasteiger partial charge is 0.119 e. The van der Waals surface area contributed by atoms with Crippen LogP contribution in [0.3, 0.4) is 0 Å². The van der Waals surface area contributed by atoms with Gasteiger partial charge in [-0.2, -0.15) is 0 Å². The van der Waals surface area contributed by atoms with Gasteiger partial charge in [0.05, 0.1) is 7.11 Å². The molecule has 4 rings (SSSR count). The molecular formula is C27H35NOS. The highest BCUT2D eigenvalue weighted by molar-refractivity contribution is 7.99. The minimum absolute atomic E-state index is 0.644. The summed E-state index contributed by atoms with van der Waals surface area (Å²) in [7, 11) is 1.76. The number of ether oxygens (including phenoxy) is 1. The Morgan fingerprint density at radius 1 is 1.10 bits per heavy atom. The Morgan fingerprint density at radius 2 is 1.90 bits per heavy atom. The lowest BCUT2D eigenvalue weighted by molar-refractivity contribution is 0.186. The first-order valence-corrected chi connectivity index (χ1v) is 12.4.